The summed E-state index contributed by atoms with van der Waals surface area (Å²) < 4.78 is 6.13. The molecule has 7 heteroatoms. The molecule has 1 heterocycles. The van der Waals surface area contributed by atoms with Gasteiger partial charge in [-0.3, -0.25) is 9.59 Å². The Balaban J connectivity index is 1.54. The molecule has 1 fully saturated rings. The van der Waals surface area contributed by atoms with Crippen LogP contribution >= 0.6 is 0 Å². The van der Waals surface area contributed by atoms with Crippen LogP contribution in [0.3, 0.4) is 0 Å². The molecule has 30 heavy (non-hydrogen) atoms. The lowest BCUT2D eigenvalue weighted by atomic mass is 9.99. The summed E-state index contributed by atoms with van der Waals surface area (Å²) in [6.07, 6.45) is 5.21. The van der Waals surface area contributed by atoms with Crippen molar-refractivity contribution in [3.05, 3.63) is 41.6 Å². The first-order valence-electron chi connectivity index (χ1n) is 10.7. The smallest absolute Gasteiger partial charge is 0.239 e. The largest absolute Gasteiger partial charge is 0.477 e. The van der Waals surface area contributed by atoms with Gasteiger partial charge in [-0.05, 0) is 44.4 Å². The summed E-state index contributed by atoms with van der Waals surface area (Å²) in [6, 6.07) is 9.92. The van der Waals surface area contributed by atoms with E-state index in [0.29, 0.717) is 49.9 Å². The molecule has 0 spiro atoms. The topological polar surface area (TPSA) is 93.2 Å². The third kappa shape index (κ3) is 4.96. The Morgan fingerprint density at radius 1 is 1.07 bits per heavy atom. The molecule has 2 aromatic rings. The zero-order chi connectivity index (χ0) is 20.9. The van der Waals surface area contributed by atoms with Crippen molar-refractivity contribution in [2.24, 2.45) is 11.8 Å². The van der Waals surface area contributed by atoms with Crippen molar-refractivity contribution in [1.82, 2.24) is 20.6 Å². The Bertz CT molecular complexity index is 912. The van der Waals surface area contributed by atoms with Crippen molar-refractivity contribution in [2.75, 3.05) is 20.2 Å². The summed E-state index contributed by atoms with van der Waals surface area (Å²) in [7, 11) is 1.56. The van der Waals surface area contributed by atoms with Crippen LogP contribution in [0.25, 0.3) is 11.4 Å². The van der Waals surface area contributed by atoms with Gasteiger partial charge in [-0.1, -0.05) is 30.3 Å². The van der Waals surface area contributed by atoms with Gasteiger partial charge in [0.1, 0.15) is 0 Å². The summed E-state index contributed by atoms with van der Waals surface area (Å²) >= 11 is 0. The number of likely N-dealkylation sites (N-methyl/N-ethyl adjacent to an activating group) is 1. The molecule has 0 aliphatic heterocycles. The Morgan fingerprint density at radius 3 is 2.57 bits per heavy atom. The molecule has 0 radical (unpaired) electrons. The van der Waals surface area contributed by atoms with E-state index >= 15 is 0 Å². The van der Waals surface area contributed by atoms with Crippen LogP contribution in [-0.2, 0) is 22.4 Å². The number of ether oxygens (including phenoxy) is 1. The number of benzene rings is 1. The van der Waals surface area contributed by atoms with Crippen LogP contribution in [-0.4, -0.2) is 42.0 Å². The van der Waals surface area contributed by atoms with E-state index in [1.54, 1.807) is 7.05 Å². The standard InChI is InChI=1S/C23H28N4O3/c1-24-20(28)13-25-22(29)17-9-11-18-19(12-10-17)26-21(16-5-3-2-4-6-16)27-23(18)30-14-15-7-8-15/h2-6,15,17H,7-14H2,1H3,(H,24,28)(H,25,29). The molecule has 0 bridgehead atoms. The molecule has 2 N–H and O–H groups in total. The molecule has 0 saturated heterocycles. The number of nitrogens with one attached hydrogen (secondary N) is 2. The average molecular weight is 409 g/mol. The van der Waals surface area contributed by atoms with Crippen LogP contribution in [0, 0.1) is 11.8 Å². The molecule has 2 amide bonds. The maximum Gasteiger partial charge on any atom is 0.239 e. The highest BCUT2D eigenvalue weighted by Crippen LogP contribution is 2.34. The van der Waals surface area contributed by atoms with Crippen molar-refractivity contribution in [3.63, 3.8) is 0 Å². The SMILES string of the molecule is CNC(=O)CNC(=O)C1CCc2nc(-c3ccccc3)nc(OCC3CC3)c2CC1. The summed E-state index contributed by atoms with van der Waals surface area (Å²) in [5.74, 6) is 1.53. The summed E-state index contributed by atoms with van der Waals surface area (Å²) in [4.78, 5) is 33.6. The molecule has 1 atom stereocenters. The molecule has 158 valence electrons. The van der Waals surface area contributed by atoms with Crippen LogP contribution in [0.15, 0.2) is 30.3 Å². The molecule has 1 aromatic carbocycles. The number of amides is 2. The zero-order valence-corrected chi connectivity index (χ0v) is 17.3. The summed E-state index contributed by atoms with van der Waals surface area (Å²) in [6.45, 7) is 0.695. The lowest BCUT2D eigenvalue weighted by molar-refractivity contribution is -0.128. The first-order valence-corrected chi connectivity index (χ1v) is 10.7. The number of hydrogen-bond donors (Lipinski definition) is 2. The van der Waals surface area contributed by atoms with Crippen LogP contribution in [0.5, 0.6) is 5.88 Å². The molecular formula is C23H28N4O3. The predicted molar refractivity (Wildman–Crippen MR) is 113 cm³/mol. The van der Waals surface area contributed by atoms with Crippen LogP contribution < -0.4 is 15.4 Å². The normalized spacial score (nSPS) is 18.1. The van der Waals surface area contributed by atoms with E-state index in [1.807, 2.05) is 30.3 Å². The summed E-state index contributed by atoms with van der Waals surface area (Å²) in [5.41, 5.74) is 2.95. The van der Waals surface area contributed by atoms with Gasteiger partial charge in [0.2, 0.25) is 17.7 Å². The Hall–Kier alpha value is -2.96. The van der Waals surface area contributed by atoms with Crippen LogP contribution in [0.1, 0.15) is 36.9 Å². The lowest BCUT2D eigenvalue weighted by Gasteiger charge is -2.14. The van der Waals surface area contributed by atoms with E-state index in [2.05, 4.69) is 10.6 Å². The second kappa shape index (κ2) is 9.24. The number of carbonyl (C=O) groups excluding carboxylic acids is 2. The van der Waals surface area contributed by atoms with Gasteiger partial charge in [0, 0.05) is 24.1 Å². The number of carbonyl (C=O) groups is 2. The molecule has 2 aliphatic carbocycles. The van der Waals surface area contributed by atoms with Gasteiger partial charge >= 0.3 is 0 Å². The number of aromatic nitrogens is 2. The fourth-order valence-corrected chi connectivity index (χ4v) is 3.72. The van der Waals surface area contributed by atoms with Crippen LogP contribution in [0.2, 0.25) is 0 Å². The predicted octanol–water partition coefficient (Wildman–Crippen LogP) is 2.29. The molecule has 7 nitrogen and oxygen atoms in total. The molecule has 1 aromatic heterocycles. The van der Waals surface area contributed by atoms with Gasteiger partial charge in [0.15, 0.2) is 5.82 Å². The van der Waals surface area contributed by atoms with Crippen molar-refractivity contribution in [1.29, 1.82) is 0 Å². The highest BCUT2D eigenvalue weighted by Gasteiger charge is 2.28. The fourth-order valence-electron chi connectivity index (χ4n) is 3.72. The maximum atomic E-state index is 12.6. The van der Waals surface area contributed by atoms with Gasteiger partial charge in [-0.2, -0.15) is 4.98 Å². The van der Waals surface area contributed by atoms with Gasteiger partial charge in [-0.25, -0.2) is 4.98 Å². The van der Waals surface area contributed by atoms with E-state index in [9.17, 15) is 9.59 Å². The van der Waals surface area contributed by atoms with Crippen molar-refractivity contribution in [2.45, 2.75) is 38.5 Å². The maximum absolute atomic E-state index is 12.6. The Kier molecular flexibility index (Phi) is 6.26. The van der Waals surface area contributed by atoms with E-state index in [-0.39, 0.29) is 24.3 Å². The minimum atomic E-state index is -0.200. The van der Waals surface area contributed by atoms with E-state index in [1.165, 1.54) is 12.8 Å². The number of aryl methyl sites for hydroxylation is 1. The van der Waals surface area contributed by atoms with Crippen molar-refractivity contribution >= 4 is 11.8 Å². The highest BCUT2D eigenvalue weighted by atomic mass is 16.5. The van der Waals surface area contributed by atoms with Crippen molar-refractivity contribution in [3.8, 4) is 17.3 Å². The average Bonchev–Trinajstić information content (AvgIpc) is 3.62. The van der Waals surface area contributed by atoms with Crippen molar-refractivity contribution < 1.29 is 14.3 Å². The van der Waals surface area contributed by atoms with Crippen LogP contribution in [0.4, 0.5) is 0 Å². The highest BCUT2D eigenvalue weighted by molar-refractivity contribution is 5.85. The number of hydrogen-bond acceptors (Lipinski definition) is 5. The molecule has 1 unspecified atom stereocenters. The van der Waals surface area contributed by atoms with Gasteiger partial charge in [0.05, 0.1) is 18.8 Å². The monoisotopic (exact) mass is 408 g/mol. The third-order valence-electron chi connectivity index (χ3n) is 5.78. The molecular weight excluding hydrogens is 380 g/mol. The second-order valence-corrected chi connectivity index (χ2v) is 8.06. The van der Waals surface area contributed by atoms with Gasteiger partial charge in [0.25, 0.3) is 0 Å². The minimum absolute atomic E-state index is 0.00644. The Morgan fingerprint density at radius 2 is 1.83 bits per heavy atom. The third-order valence-corrected chi connectivity index (χ3v) is 5.78. The van der Waals surface area contributed by atoms with Gasteiger partial charge in [-0.15, -0.1) is 0 Å². The Labute approximate surface area is 176 Å². The molecule has 1 saturated carbocycles. The van der Waals surface area contributed by atoms with E-state index in [0.717, 1.165) is 16.8 Å². The minimum Gasteiger partial charge on any atom is -0.477 e. The van der Waals surface area contributed by atoms with E-state index < -0.39 is 0 Å². The number of rotatable bonds is 7. The molecule has 4 rings (SSSR count). The van der Waals surface area contributed by atoms with Gasteiger partial charge < -0.3 is 15.4 Å². The van der Waals surface area contributed by atoms with E-state index in [4.69, 9.17) is 14.7 Å². The fraction of sp³-hybridized carbons (Fsp3) is 0.478. The number of nitrogens with zero attached hydrogens (tertiary/aromatic N) is 2. The summed E-state index contributed by atoms with van der Waals surface area (Å²) in [5, 5.41) is 5.26. The molecule has 2 aliphatic rings. The second-order valence-electron chi connectivity index (χ2n) is 8.06. The zero-order valence-electron chi connectivity index (χ0n) is 17.3. The lowest BCUT2D eigenvalue weighted by Crippen LogP contribution is -2.38. The first-order chi connectivity index (χ1) is 14.6. The first kappa shape index (κ1) is 20.3. The quantitative estimate of drug-likeness (QED) is 0.686. The number of fused-ring (bicyclic) bond motifs is 1.